The van der Waals surface area contributed by atoms with E-state index >= 15 is 0 Å². The van der Waals surface area contributed by atoms with Gasteiger partial charge in [-0.05, 0) is 43.2 Å². The summed E-state index contributed by atoms with van der Waals surface area (Å²) in [6.07, 6.45) is 1.61. The highest BCUT2D eigenvalue weighted by Crippen LogP contribution is 2.13. The average molecular weight is 383 g/mol. The zero-order chi connectivity index (χ0) is 19.9. The number of carbonyl (C=O) groups excluding carboxylic acids is 1. The largest absolute Gasteiger partial charge is 0.465 e. The molecule has 8 heteroatoms. The van der Waals surface area contributed by atoms with Crippen molar-refractivity contribution in [3.05, 3.63) is 53.9 Å². The summed E-state index contributed by atoms with van der Waals surface area (Å²) in [7, 11) is 0. The van der Waals surface area contributed by atoms with Gasteiger partial charge in [0.15, 0.2) is 0 Å². The van der Waals surface area contributed by atoms with Crippen LogP contribution >= 0.6 is 0 Å². The Bertz CT molecular complexity index is 817. The molecule has 0 spiro atoms. The van der Waals surface area contributed by atoms with Gasteiger partial charge in [0.2, 0.25) is 0 Å². The molecule has 0 bridgehead atoms. The van der Waals surface area contributed by atoms with E-state index in [1.54, 1.807) is 6.20 Å². The van der Waals surface area contributed by atoms with Gasteiger partial charge in [0.05, 0.1) is 11.9 Å². The van der Waals surface area contributed by atoms with Crippen LogP contribution < -0.4 is 10.6 Å². The van der Waals surface area contributed by atoms with Crippen LogP contribution in [0.5, 0.6) is 0 Å². The third-order valence-corrected chi connectivity index (χ3v) is 4.71. The molecule has 1 fully saturated rings. The fourth-order valence-electron chi connectivity index (χ4n) is 3.09. The first-order valence-corrected chi connectivity index (χ1v) is 9.29. The number of hydrogen-bond acceptors (Lipinski definition) is 4. The van der Waals surface area contributed by atoms with Crippen molar-refractivity contribution >= 4 is 23.5 Å². The van der Waals surface area contributed by atoms with Crippen LogP contribution in [0.4, 0.5) is 21.0 Å². The maximum Gasteiger partial charge on any atom is 0.407 e. The fraction of sp³-hybridized carbons (Fsp3) is 0.350. The maximum absolute atomic E-state index is 12.2. The van der Waals surface area contributed by atoms with Crippen LogP contribution in [0.3, 0.4) is 0 Å². The Labute approximate surface area is 164 Å². The predicted octanol–water partition coefficient (Wildman–Crippen LogP) is 2.87. The third-order valence-electron chi connectivity index (χ3n) is 4.71. The number of amides is 3. The summed E-state index contributed by atoms with van der Waals surface area (Å²) in [5.41, 5.74) is 3.38. The Morgan fingerprint density at radius 2 is 1.82 bits per heavy atom. The fourth-order valence-corrected chi connectivity index (χ4v) is 3.09. The SMILES string of the molecule is Cc1ccc(NC(=O)Nc2cccc(CCN3CCN(C(=O)O)CC3)c2)cn1. The summed E-state index contributed by atoms with van der Waals surface area (Å²) in [5, 5.41) is 14.6. The Morgan fingerprint density at radius 1 is 1.07 bits per heavy atom. The Balaban J connectivity index is 1.48. The van der Waals surface area contributed by atoms with Gasteiger partial charge in [-0.15, -0.1) is 0 Å². The number of nitrogens with zero attached hydrogens (tertiary/aromatic N) is 3. The lowest BCUT2D eigenvalue weighted by Gasteiger charge is -2.33. The lowest BCUT2D eigenvalue weighted by Crippen LogP contribution is -2.48. The maximum atomic E-state index is 12.2. The summed E-state index contributed by atoms with van der Waals surface area (Å²) >= 11 is 0. The smallest absolute Gasteiger partial charge is 0.407 e. The van der Waals surface area contributed by atoms with Crippen LogP contribution in [-0.2, 0) is 6.42 Å². The van der Waals surface area contributed by atoms with Crippen molar-refractivity contribution in [2.75, 3.05) is 43.4 Å². The standard InChI is InChI=1S/C20H25N5O3/c1-15-5-6-18(14-21-15)23-19(26)22-17-4-2-3-16(13-17)7-8-24-9-11-25(12-10-24)20(27)28/h2-6,13-14H,7-12H2,1H3,(H,27,28)(H2,22,23,26). The molecule has 1 saturated heterocycles. The van der Waals surface area contributed by atoms with E-state index in [0.717, 1.165) is 43.0 Å². The van der Waals surface area contributed by atoms with Crippen LogP contribution in [-0.4, -0.2) is 64.7 Å². The van der Waals surface area contributed by atoms with E-state index in [1.807, 2.05) is 43.3 Å². The molecule has 3 N–H and O–H groups in total. The molecule has 1 aliphatic heterocycles. The van der Waals surface area contributed by atoms with E-state index in [0.29, 0.717) is 18.8 Å². The molecule has 0 aliphatic carbocycles. The van der Waals surface area contributed by atoms with E-state index in [1.165, 1.54) is 4.90 Å². The van der Waals surface area contributed by atoms with Crippen molar-refractivity contribution in [1.82, 2.24) is 14.8 Å². The molecule has 0 atom stereocenters. The quantitative estimate of drug-likeness (QED) is 0.738. The summed E-state index contributed by atoms with van der Waals surface area (Å²) in [6.45, 7) is 5.34. The first-order valence-electron chi connectivity index (χ1n) is 9.29. The van der Waals surface area contributed by atoms with E-state index < -0.39 is 6.09 Å². The van der Waals surface area contributed by atoms with Crippen molar-refractivity contribution in [1.29, 1.82) is 0 Å². The molecular formula is C20H25N5O3. The summed E-state index contributed by atoms with van der Waals surface area (Å²) in [4.78, 5) is 31.0. The zero-order valence-corrected chi connectivity index (χ0v) is 15.9. The number of hydrogen-bond donors (Lipinski definition) is 3. The number of aromatic nitrogens is 1. The van der Waals surface area contributed by atoms with Crippen LogP contribution in [0.15, 0.2) is 42.6 Å². The number of pyridine rings is 1. The first kappa shape index (κ1) is 19.6. The van der Waals surface area contributed by atoms with E-state index in [9.17, 15) is 9.59 Å². The molecule has 28 heavy (non-hydrogen) atoms. The Kier molecular flexibility index (Phi) is 6.44. The van der Waals surface area contributed by atoms with Gasteiger partial charge in [-0.1, -0.05) is 12.1 Å². The summed E-state index contributed by atoms with van der Waals surface area (Å²) < 4.78 is 0. The van der Waals surface area contributed by atoms with Crippen molar-refractivity contribution in [2.45, 2.75) is 13.3 Å². The van der Waals surface area contributed by atoms with Gasteiger partial charge in [0, 0.05) is 44.1 Å². The monoisotopic (exact) mass is 383 g/mol. The van der Waals surface area contributed by atoms with Gasteiger partial charge in [-0.25, -0.2) is 9.59 Å². The van der Waals surface area contributed by atoms with Crippen molar-refractivity contribution in [2.24, 2.45) is 0 Å². The second-order valence-corrected chi connectivity index (χ2v) is 6.83. The average Bonchev–Trinajstić information content (AvgIpc) is 2.69. The zero-order valence-electron chi connectivity index (χ0n) is 15.9. The van der Waals surface area contributed by atoms with E-state index in [2.05, 4.69) is 20.5 Å². The van der Waals surface area contributed by atoms with Crippen molar-refractivity contribution < 1.29 is 14.7 Å². The molecule has 3 amide bonds. The minimum Gasteiger partial charge on any atom is -0.465 e. The molecule has 1 aromatic carbocycles. The third kappa shape index (κ3) is 5.68. The summed E-state index contributed by atoms with van der Waals surface area (Å²) in [6, 6.07) is 11.1. The second kappa shape index (κ2) is 9.18. The minimum absolute atomic E-state index is 0.312. The van der Waals surface area contributed by atoms with Gasteiger partial charge in [0.25, 0.3) is 0 Å². The Hall–Kier alpha value is -3.13. The number of carbonyl (C=O) groups is 2. The number of nitrogens with one attached hydrogen (secondary N) is 2. The number of rotatable bonds is 5. The number of aryl methyl sites for hydroxylation is 1. The highest BCUT2D eigenvalue weighted by Gasteiger charge is 2.19. The van der Waals surface area contributed by atoms with Crippen molar-refractivity contribution in [3.63, 3.8) is 0 Å². The van der Waals surface area contributed by atoms with Gasteiger partial charge < -0.3 is 20.6 Å². The van der Waals surface area contributed by atoms with Gasteiger partial charge in [-0.2, -0.15) is 0 Å². The molecule has 0 unspecified atom stereocenters. The molecule has 1 aromatic heterocycles. The van der Waals surface area contributed by atoms with E-state index in [-0.39, 0.29) is 6.03 Å². The molecule has 2 aromatic rings. The molecular weight excluding hydrogens is 358 g/mol. The Morgan fingerprint density at radius 3 is 2.50 bits per heavy atom. The molecule has 0 radical (unpaired) electrons. The topological polar surface area (TPSA) is 97.8 Å². The van der Waals surface area contributed by atoms with E-state index in [4.69, 9.17) is 5.11 Å². The molecule has 3 rings (SSSR count). The highest BCUT2D eigenvalue weighted by atomic mass is 16.4. The number of anilines is 2. The molecule has 8 nitrogen and oxygen atoms in total. The molecule has 148 valence electrons. The second-order valence-electron chi connectivity index (χ2n) is 6.83. The number of piperazine rings is 1. The molecule has 1 aliphatic rings. The van der Waals surface area contributed by atoms with Gasteiger partial charge in [-0.3, -0.25) is 9.88 Å². The van der Waals surface area contributed by atoms with Crippen LogP contribution in [0.2, 0.25) is 0 Å². The van der Waals surface area contributed by atoms with Crippen LogP contribution in [0.1, 0.15) is 11.3 Å². The van der Waals surface area contributed by atoms with Gasteiger partial charge >= 0.3 is 12.1 Å². The number of benzene rings is 1. The minimum atomic E-state index is -0.849. The van der Waals surface area contributed by atoms with Crippen LogP contribution in [0.25, 0.3) is 0 Å². The normalized spacial score (nSPS) is 14.5. The highest BCUT2D eigenvalue weighted by molar-refractivity contribution is 5.99. The molecule has 2 heterocycles. The summed E-state index contributed by atoms with van der Waals surface area (Å²) in [5.74, 6) is 0. The first-order chi connectivity index (χ1) is 13.5. The van der Waals surface area contributed by atoms with Crippen molar-refractivity contribution in [3.8, 4) is 0 Å². The number of urea groups is 1. The van der Waals surface area contributed by atoms with Crippen LogP contribution in [0, 0.1) is 6.92 Å². The molecule has 0 saturated carbocycles. The number of carboxylic acid groups (broad SMARTS) is 1. The predicted molar refractivity (Wildman–Crippen MR) is 108 cm³/mol. The lowest BCUT2D eigenvalue weighted by atomic mass is 10.1. The van der Waals surface area contributed by atoms with Gasteiger partial charge in [0.1, 0.15) is 0 Å². The lowest BCUT2D eigenvalue weighted by molar-refractivity contribution is 0.106.